The Labute approximate surface area is 151 Å². The summed E-state index contributed by atoms with van der Waals surface area (Å²) >= 11 is 0. The maximum atomic E-state index is 11.8. The smallest absolute Gasteiger partial charge is 0.331 e. The second-order valence-corrected chi connectivity index (χ2v) is 8.43. The Bertz CT molecular complexity index is 603. The predicted molar refractivity (Wildman–Crippen MR) is 98.1 cm³/mol. The number of esters is 1. The zero-order chi connectivity index (χ0) is 18.8. The maximum absolute atomic E-state index is 11.8. The van der Waals surface area contributed by atoms with Crippen LogP contribution < -0.4 is 0 Å². The van der Waals surface area contributed by atoms with Crippen LogP contribution in [0.2, 0.25) is 0 Å². The molecule has 25 heavy (non-hydrogen) atoms. The van der Waals surface area contributed by atoms with E-state index in [-0.39, 0.29) is 16.8 Å². The molecule has 1 fully saturated rings. The van der Waals surface area contributed by atoms with Gasteiger partial charge in [-0.05, 0) is 62.7 Å². The Hall–Kier alpha value is -1.58. The first-order valence-electron chi connectivity index (χ1n) is 9.34. The van der Waals surface area contributed by atoms with Gasteiger partial charge in [-0.3, -0.25) is 0 Å². The number of rotatable bonds is 5. The number of hydrogen-bond acceptors (Lipinski definition) is 3. The summed E-state index contributed by atoms with van der Waals surface area (Å²) in [5.74, 6) is -0.153. The lowest BCUT2D eigenvalue weighted by molar-refractivity contribution is -0.137. The summed E-state index contributed by atoms with van der Waals surface area (Å²) in [7, 11) is 1.39. The van der Waals surface area contributed by atoms with Crippen LogP contribution in [0.5, 0.6) is 0 Å². The highest BCUT2D eigenvalue weighted by Crippen LogP contribution is 2.62. The van der Waals surface area contributed by atoms with Gasteiger partial charge in [0.15, 0.2) is 0 Å². The number of hydrogen-bond donors (Lipinski definition) is 1. The van der Waals surface area contributed by atoms with Gasteiger partial charge in [0, 0.05) is 17.1 Å². The van der Waals surface area contributed by atoms with Crippen LogP contribution in [0.4, 0.5) is 0 Å². The summed E-state index contributed by atoms with van der Waals surface area (Å²) in [4.78, 5) is 23.2. The van der Waals surface area contributed by atoms with Crippen LogP contribution in [0, 0.1) is 22.7 Å². The third-order valence-corrected chi connectivity index (χ3v) is 7.06. The third kappa shape index (κ3) is 3.68. The van der Waals surface area contributed by atoms with Gasteiger partial charge in [-0.2, -0.15) is 0 Å². The lowest BCUT2D eigenvalue weighted by Gasteiger charge is -2.57. The normalized spacial score (nSPS) is 35.6. The fourth-order valence-corrected chi connectivity index (χ4v) is 5.24. The largest absolute Gasteiger partial charge is 0.478 e. The first-order valence-corrected chi connectivity index (χ1v) is 9.34. The number of allylic oxidation sites excluding steroid dienone is 2. The molecular weight excluding hydrogens is 316 g/mol. The van der Waals surface area contributed by atoms with Crippen molar-refractivity contribution in [1.82, 2.24) is 0 Å². The molecule has 2 rings (SSSR count). The van der Waals surface area contributed by atoms with Gasteiger partial charge in [0.2, 0.25) is 0 Å². The van der Waals surface area contributed by atoms with E-state index in [1.54, 1.807) is 6.08 Å². The van der Waals surface area contributed by atoms with Gasteiger partial charge < -0.3 is 9.84 Å². The Morgan fingerprint density at radius 2 is 2.04 bits per heavy atom. The minimum atomic E-state index is -0.758. The van der Waals surface area contributed by atoms with Crippen molar-refractivity contribution in [2.45, 2.75) is 66.2 Å². The van der Waals surface area contributed by atoms with Crippen LogP contribution in [0.25, 0.3) is 0 Å². The molecule has 140 valence electrons. The van der Waals surface area contributed by atoms with Crippen molar-refractivity contribution in [2.75, 3.05) is 7.11 Å². The minimum absolute atomic E-state index is 0.0766. The lowest BCUT2D eigenvalue weighted by Crippen LogP contribution is -2.51. The summed E-state index contributed by atoms with van der Waals surface area (Å²) < 4.78 is 4.71. The van der Waals surface area contributed by atoms with E-state index in [0.29, 0.717) is 17.4 Å². The first kappa shape index (κ1) is 19.7. The van der Waals surface area contributed by atoms with Gasteiger partial charge in [-0.15, -0.1) is 0 Å². The topological polar surface area (TPSA) is 63.6 Å². The Kier molecular flexibility index (Phi) is 5.80. The fraction of sp³-hybridized carbons (Fsp3) is 0.714. The van der Waals surface area contributed by atoms with Crippen LogP contribution in [0.15, 0.2) is 23.3 Å². The van der Waals surface area contributed by atoms with Gasteiger partial charge >= 0.3 is 11.9 Å². The summed E-state index contributed by atoms with van der Waals surface area (Å²) in [6.07, 6.45) is 9.22. The van der Waals surface area contributed by atoms with E-state index < -0.39 is 5.97 Å². The van der Waals surface area contributed by atoms with E-state index >= 15 is 0 Å². The third-order valence-electron chi connectivity index (χ3n) is 7.06. The van der Waals surface area contributed by atoms with Crippen LogP contribution in [-0.4, -0.2) is 24.2 Å². The summed E-state index contributed by atoms with van der Waals surface area (Å²) in [6, 6.07) is 0. The molecule has 0 aromatic rings. The molecule has 0 radical (unpaired) electrons. The second kappa shape index (κ2) is 7.35. The molecule has 2 aliphatic rings. The molecule has 0 bridgehead atoms. The number of carboxylic acid groups (broad SMARTS) is 1. The Balaban J connectivity index is 2.26. The van der Waals surface area contributed by atoms with Gasteiger partial charge in [0.05, 0.1) is 7.11 Å². The molecule has 4 nitrogen and oxygen atoms in total. The molecule has 0 aromatic carbocycles. The van der Waals surface area contributed by atoms with Gasteiger partial charge in [-0.1, -0.05) is 32.4 Å². The molecule has 0 saturated heterocycles. The van der Waals surface area contributed by atoms with E-state index in [4.69, 9.17) is 4.74 Å². The van der Waals surface area contributed by atoms with Crippen molar-refractivity contribution < 1.29 is 19.4 Å². The summed E-state index contributed by atoms with van der Waals surface area (Å²) in [5.41, 5.74) is 1.47. The molecule has 0 amide bonds. The standard InChI is InChI=1S/C21H32O4/c1-14(13-18(22)25-5)9-11-20(3)15(2)10-12-21(4)16(19(23)24)7-6-8-17(20)21/h7,13,15,17H,6,8-12H2,1-5H3,(H,23,24)/t15?,17-,20-,21-/m0/s1. The minimum Gasteiger partial charge on any atom is -0.478 e. The number of carbonyl (C=O) groups is 2. The van der Waals surface area contributed by atoms with Crippen molar-refractivity contribution in [3.8, 4) is 0 Å². The van der Waals surface area contributed by atoms with Crippen molar-refractivity contribution in [3.63, 3.8) is 0 Å². The molecular formula is C21H32O4. The maximum Gasteiger partial charge on any atom is 0.331 e. The molecule has 4 atom stereocenters. The van der Waals surface area contributed by atoms with E-state index in [9.17, 15) is 14.7 Å². The fourth-order valence-electron chi connectivity index (χ4n) is 5.24. The molecule has 1 unspecified atom stereocenters. The quantitative estimate of drug-likeness (QED) is 0.575. The molecule has 4 heteroatoms. The molecule has 0 aliphatic heterocycles. The molecule has 0 spiro atoms. The van der Waals surface area contributed by atoms with E-state index in [1.807, 2.05) is 13.0 Å². The Morgan fingerprint density at radius 1 is 1.36 bits per heavy atom. The van der Waals surface area contributed by atoms with Gasteiger partial charge in [0.25, 0.3) is 0 Å². The van der Waals surface area contributed by atoms with E-state index in [0.717, 1.165) is 44.1 Å². The highest BCUT2D eigenvalue weighted by Gasteiger charge is 2.55. The van der Waals surface area contributed by atoms with Crippen molar-refractivity contribution in [1.29, 1.82) is 0 Å². The zero-order valence-electron chi connectivity index (χ0n) is 16.2. The number of methoxy groups -OCH3 is 1. The number of carboxylic acids is 1. The van der Waals surface area contributed by atoms with Gasteiger partial charge in [-0.25, -0.2) is 9.59 Å². The zero-order valence-corrected chi connectivity index (χ0v) is 16.2. The van der Waals surface area contributed by atoms with Crippen LogP contribution in [-0.2, 0) is 14.3 Å². The number of fused-ring (bicyclic) bond motifs is 1. The van der Waals surface area contributed by atoms with E-state index in [2.05, 4.69) is 20.8 Å². The first-order chi connectivity index (χ1) is 11.6. The average Bonchev–Trinajstić information content (AvgIpc) is 2.56. The van der Waals surface area contributed by atoms with E-state index in [1.165, 1.54) is 7.11 Å². The number of ether oxygens (including phenoxy) is 1. The summed E-state index contributed by atoms with van der Waals surface area (Å²) in [6.45, 7) is 8.75. The highest BCUT2D eigenvalue weighted by molar-refractivity contribution is 5.88. The molecule has 0 aromatic heterocycles. The Morgan fingerprint density at radius 3 is 2.64 bits per heavy atom. The summed E-state index contributed by atoms with van der Waals surface area (Å²) in [5, 5.41) is 9.69. The SMILES string of the molecule is COC(=O)C=C(C)CC[C@@]1(C)C(C)CC[C@@]2(C)C(C(=O)O)=CCC[C@H]21. The van der Waals surface area contributed by atoms with Gasteiger partial charge in [0.1, 0.15) is 0 Å². The molecule has 1 N–H and O–H groups in total. The van der Waals surface area contributed by atoms with Crippen molar-refractivity contribution in [2.24, 2.45) is 22.7 Å². The molecule has 2 aliphatic carbocycles. The highest BCUT2D eigenvalue weighted by atomic mass is 16.5. The monoisotopic (exact) mass is 348 g/mol. The molecule has 1 saturated carbocycles. The second-order valence-electron chi connectivity index (χ2n) is 8.43. The predicted octanol–water partition coefficient (Wildman–Crippen LogP) is 4.75. The van der Waals surface area contributed by atoms with Crippen molar-refractivity contribution in [3.05, 3.63) is 23.3 Å². The average molecular weight is 348 g/mol. The van der Waals surface area contributed by atoms with Crippen LogP contribution in [0.3, 0.4) is 0 Å². The van der Waals surface area contributed by atoms with Crippen LogP contribution in [0.1, 0.15) is 66.2 Å². The van der Waals surface area contributed by atoms with Crippen molar-refractivity contribution >= 4 is 11.9 Å². The number of carbonyl (C=O) groups excluding carboxylic acids is 1. The lowest BCUT2D eigenvalue weighted by atomic mass is 9.46. The number of aliphatic carboxylic acids is 1. The van der Waals surface area contributed by atoms with Crippen LogP contribution >= 0.6 is 0 Å². The molecule has 0 heterocycles.